The van der Waals surface area contributed by atoms with Crippen molar-refractivity contribution in [2.75, 3.05) is 21.2 Å². The average Bonchev–Trinajstić information content (AvgIpc) is 2.10. The maximum atomic E-state index is 5.13. The molecule has 0 spiro atoms. The molecule has 0 unspecified atom stereocenters. The Morgan fingerprint density at radius 1 is 1.36 bits per heavy atom. The molecular weight excluding hydrogens is 242 g/mol. The molecule has 0 fully saturated rings. The van der Waals surface area contributed by atoms with Crippen LogP contribution in [0.1, 0.15) is 11.1 Å². The highest BCUT2D eigenvalue weighted by molar-refractivity contribution is 9.10. The summed E-state index contributed by atoms with van der Waals surface area (Å²) in [7, 11) is 5.85. The first-order valence-electron chi connectivity index (χ1n) is 4.54. The van der Waals surface area contributed by atoms with Crippen LogP contribution >= 0.6 is 15.9 Å². The van der Waals surface area contributed by atoms with Crippen LogP contribution < -0.4 is 0 Å². The summed E-state index contributed by atoms with van der Waals surface area (Å²) in [5.41, 5.74) is 2.51. The van der Waals surface area contributed by atoms with Crippen molar-refractivity contribution in [2.45, 2.75) is 13.2 Å². The van der Waals surface area contributed by atoms with Crippen LogP contribution in [0, 0.1) is 0 Å². The van der Waals surface area contributed by atoms with Crippen molar-refractivity contribution < 1.29 is 4.74 Å². The van der Waals surface area contributed by atoms with Crippen LogP contribution in [-0.4, -0.2) is 26.1 Å². The molecule has 0 aliphatic heterocycles. The first-order chi connectivity index (χ1) is 6.63. The van der Waals surface area contributed by atoms with Gasteiger partial charge < -0.3 is 9.64 Å². The largest absolute Gasteiger partial charge is 0.380 e. The minimum Gasteiger partial charge on any atom is -0.380 e. The van der Waals surface area contributed by atoms with Gasteiger partial charge in [-0.2, -0.15) is 0 Å². The Bertz CT molecular complexity index is 299. The Hall–Kier alpha value is -0.380. The standard InChI is InChI=1S/C11H16BrNO/c1-13(2)7-9-4-5-11(12)10(6-9)8-14-3/h4-6H,7-8H2,1-3H3. The number of methoxy groups -OCH3 is 1. The van der Waals surface area contributed by atoms with Crippen molar-refractivity contribution in [3.8, 4) is 0 Å². The molecule has 1 aromatic rings. The molecule has 0 bridgehead atoms. The van der Waals surface area contributed by atoms with Gasteiger partial charge in [0, 0.05) is 18.1 Å². The number of halogens is 1. The number of nitrogens with zero attached hydrogens (tertiary/aromatic N) is 1. The van der Waals surface area contributed by atoms with Gasteiger partial charge in [-0.15, -0.1) is 0 Å². The number of rotatable bonds is 4. The lowest BCUT2D eigenvalue weighted by molar-refractivity contribution is 0.184. The second-order valence-corrected chi connectivity index (χ2v) is 4.45. The first-order valence-corrected chi connectivity index (χ1v) is 5.33. The maximum Gasteiger partial charge on any atom is 0.0724 e. The summed E-state index contributed by atoms with van der Waals surface area (Å²) in [6, 6.07) is 6.38. The summed E-state index contributed by atoms with van der Waals surface area (Å²) in [6.45, 7) is 1.62. The quantitative estimate of drug-likeness (QED) is 0.823. The monoisotopic (exact) mass is 257 g/mol. The Labute approximate surface area is 94.0 Å². The van der Waals surface area contributed by atoms with E-state index in [0.29, 0.717) is 6.61 Å². The molecule has 1 rings (SSSR count). The fourth-order valence-electron chi connectivity index (χ4n) is 1.36. The predicted molar refractivity (Wildman–Crippen MR) is 62.2 cm³/mol. The minimum absolute atomic E-state index is 0.655. The highest BCUT2D eigenvalue weighted by Gasteiger charge is 2.02. The zero-order valence-electron chi connectivity index (χ0n) is 8.88. The van der Waals surface area contributed by atoms with Gasteiger partial charge in [-0.05, 0) is 31.3 Å². The van der Waals surface area contributed by atoms with E-state index in [1.54, 1.807) is 7.11 Å². The molecule has 0 radical (unpaired) electrons. The van der Waals surface area contributed by atoms with Crippen molar-refractivity contribution in [3.05, 3.63) is 33.8 Å². The Morgan fingerprint density at radius 2 is 2.07 bits per heavy atom. The SMILES string of the molecule is COCc1cc(CN(C)C)ccc1Br. The van der Waals surface area contributed by atoms with E-state index in [0.717, 1.165) is 11.0 Å². The van der Waals surface area contributed by atoms with Gasteiger partial charge in [-0.1, -0.05) is 28.1 Å². The van der Waals surface area contributed by atoms with E-state index in [4.69, 9.17) is 4.74 Å². The van der Waals surface area contributed by atoms with Crippen LogP contribution in [0.5, 0.6) is 0 Å². The summed E-state index contributed by atoms with van der Waals surface area (Å²) in [4.78, 5) is 2.15. The Morgan fingerprint density at radius 3 is 2.64 bits per heavy atom. The number of hydrogen-bond donors (Lipinski definition) is 0. The van der Waals surface area contributed by atoms with Gasteiger partial charge in [0.2, 0.25) is 0 Å². The molecule has 0 aliphatic rings. The number of ether oxygens (including phenoxy) is 1. The molecular formula is C11H16BrNO. The van der Waals surface area contributed by atoms with E-state index in [1.165, 1.54) is 11.1 Å². The van der Waals surface area contributed by atoms with Gasteiger partial charge in [0.15, 0.2) is 0 Å². The molecule has 0 heterocycles. The molecule has 0 aliphatic carbocycles. The summed E-state index contributed by atoms with van der Waals surface area (Å²) in [6.07, 6.45) is 0. The third-order valence-corrected chi connectivity index (χ3v) is 2.68. The van der Waals surface area contributed by atoms with E-state index >= 15 is 0 Å². The summed E-state index contributed by atoms with van der Waals surface area (Å²) < 4.78 is 6.24. The Kier molecular flexibility index (Phi) is 4.58. The van der Waals surface area contributed by atoms with Crippen LogP contribution in [0.3, 0.4) is 0 Å². The van der Waals surface area contributed by atoms with Gasteiger partial charge in [-0.25, -0.2) is 0 Å². The van der Waals surface area contributed by atoms with Gasteiger partial charge >= 0.3 is 0 Å². The molecule has 0 amide bonds. The summed E-state index contributed by atoms with van der Waals surface area (Å²) >= 11 is 3.50. The smallest absolute Gasteiger partial charge is 0.0724 e. The molecule has 0 atom stereocenters. The lowest BCUT2D eigenvalue weighted by Gasteiger charge is -2.11. The average molecular weight is 258 g/mol. The number of hydrogen-bond acceptors (Lipinski definition) is 2. The van der Waals surface area contributed by atoms with Crippen LogP contribution in [0.4, 0.5) is 0 Å². The summed E-state index contributed by atoms with van der Waals surface area (Å²) in [5.74, 6) is 0. The van der Waals surface area contributed by atoms with E-state index in [2.05, 4.69) is 53.1 Å². The highest BCUT2D eigenvalue weighted by Crippen LogP contribution is 2.19. The lowest BCUT2D eigenvalue weighted by Crippen LogP contribution is -2.10. The molecule has 0 saturated heterocycles. The zero-order valence-corrected chi connectivity index (χ0v) is 10.5. The van der Waals surface area contributed by atoms with Crippen molar-refractivity contribution in [1.82, 2.24) is 4.90 Å². The van der Waals surface area contributed by atoms with Crippen molar-refractivity contribution in [2.24, 2.45) is 0 Å². The van der Waals surface area contributed by atoms with Gasteiger partial charge in [0.25, 0.3) is 0 Å². The van der Waals surface area contributed by atoms with E-state index < -0.39 is 0 Å². The number of benzene rings is 1. The highest BCUT2D eigenvalue weighted by atomic mass is 79.9. The van der Waals surface area contributed by atoms with Crippen molar-refractivity contribution in [1.29, 1.82) is 0 Å². The third-order valence-electron chi connectivity index (χ3n) is 1.91. The van der Waals surface area contributed by atoms with Gasteiger partial charge in [0.1, 0.15) is 0 Å². The Balaban J connectivity index is 2.83. The molecule has 2 nitrogen and oxygen atoms in total. The third kappa shape index (κ3) is 3.40. The van der Waals surface area contributed by atoms with E-state index in [-0.39, 0.29) is 0 Å². The second kappa shape index (κ2) is 5.49. The summed E-state index contributed by atoms with van der Waals surface area (Å²) in [5, 5.41) is 0. The lowest BCUT2D eigenvalue weighted by atomic mass is 10.1. The van der Waals surface area contributed by atoms with Gasteiger partial charge in [-0.3, -0.25) is 0 Å². The fraction of sp³-hybridized carbons (Fsp3) is 0.455. The van der Waals surface area contributed by atoms with Crippen LogP contribution in [0.2, 0.25) is 0 Å². The minimum atomic E-state index is 0.655. The topological polar surface area (TPSA) is 12.5 Å². The van der Waals surface area contributed by atoms with Crippen molar-refractivity contribution >= 4 is 15.9 Å². The first kappa shape index (κ1) is 11.7. The normalized spacial score (nSPS) is 10.9. The van der Waals surface area contributed by atoms with E-state index in [1.807, 2.05) is 0 Å². The molecule has 1 aromatic carbocycles. The second-order valence-electron chi connectivity index (χ2n) is 3.60. The van der Waals surface area contributed by atoms with Gasteiger partial charge in [0.05, 0.1) is 6.61 Å². The maximum absolute atomic E-state index is 5.13. The fourth-order valence-corrected chi connectivity index (χ4v) is 1.72. The molecule has 0 aromatic heterocycles. The van der Waals surface area contributed by atoms with Crippen LogP contribution in [-0.2, 0) is 17.9 Å². The van der Waals surface area contributed by atoms with E-state index in [9.17, 15) is 0 Å². The van der Waals surface area contributed by atoms with Crippen LogP contribution in [0.25, 0.3) is 0 Å². The van der Waals surface area contributed by atoms with Crippen molar-refractivity contribution in [3.63, 3.8) is 0 Å². The molecule has 14 heavy (non-hydrogen) atoms. The molecule has 3 heteroatoms. The van der Waals surface area contributed by atoms with Crippen LogP contribution in [0.15, 0.2) is 22.7 Å². The zero-order chi connectivity index (χ0) is 10.6. The molecule has 78 valence electrons. The predicted octanol–water partition coefficient (Wildman–Crippen LogP) is 2.66. The molecule has 0 N–H and O–H groups in total. The molecule has 0 saturated carbocycles.